The summed E-state index contributed by atoms with van der Waals surface area (Å²) in [5, 5.41) is 8.63. The number of carboxylic acids is 1. The molecule has 1 aliphatic carbocycles. The van der Waals surface area contributed by atoms with Crippen molar-refractivity contribution in [2.24, 2.45) is 11.1 Å². The van der Waals surface area contributed by atoms with Crippen molar-refractivity contribution in [2.45, 2.75) is 44.9 Å². The van der Waals surface area contributed by atoms with Gasteiger partial charge in [-0.3, -0.25) is 4.79 Å². The van der Waals surface area contributed by atoms with Gasteiger partial charge in [0, 0.05) is 6.42 Å². The van der Waals surface area contributed by atoms with Crippen LogP contribution in [0.5, 0.6) is 0 Å². The highest BCUT2D eigenvalue weighted by molar-refractivity contribution is 5.66. The summed E-state index contributed by atoms with van der Waals surface area (Å²) in [5.74, 6) is -0.678. The van der Waals surface area contributed by atoms with Gasteiger partial charge in [0.15, 0.2) is 0 Å². The highest BCUT2D eigenvalue weighted by atomic mass is 16.4. The number of hydrogen-bond donors (Lipinski definition) is 2. The number of carboxylic acid groups (broad SMARTS) is 1. The second kappa shape index (κ2) is 4.61. The van der Waals surface area contributed by atoms with Crippen LogP contribution in [0.15, 0.2) is 0 Å². The minimum Gasteiger partial charge on any atom is -0.481 e. The van der Waals surface area contributed by atoms with Crippen molar-refractivity contribution in [3.05, 3.63) is 0 Å². The predicted molar refractivity (Wildman–Crippen MR) is 51.4 cm³/mol. The van der Waals surface area contributed by atoms with Gasteiger partial charge in [0.25, 0.3) is 0 Å². The molecule has 3 N–H and O–H groups in total. The van der Waals surface area contributed by atoms with Crippen LogP contribution in [-0.2, 0) is 4.79 Å². The molecule has 0 aromatic rings. The molecule has 0 saturated heterocycles. The normalized spacial score (nSPS) is 20.4. The van der Waals surface area contributed by atoms with Gasteiger partial charge in [-0.15, -0.1) is 0 Å². The van der Waals surface area contributed by atoms with Crippen LogP contribution < -0.4 is 5.73 Å². The number of rotatable bonds is 5. The van der Waals surface area contributed by atoms with Gasteiger partial charge in [-0.1, -0.05) is 12.8 Å². The lowest BCUT2D eigenvalue weighted by Gasteiger charge is -2.27. The molecule has 0 unspecified atom stereocenters. The standard InChI is InChI=1S/C10H19NO2/c11-8-7-10(4-1-2-5-10)6-3-9(12)13/h1-8,11H2,(H,12,13). The second-order valence-electron chi connectivity index (χ2n) is 4.14. The molecule has 0 heterocycles. The molecule has 0 aliphatic heterocycles. The third-order valence-corrected chi connectivity index (χ3v) is 3.21. The van der Waals surface area contributed by atoms with Crippen molar-refractivity contribution in [3.8, 4) is 0 Å². The number of hydrogen-bond acceptors (Lipinski definition) is 2. The van der Waals surface area contributed by atoms with Crippen LogP contribution in [0.1, 0.15) is 44.9 Å². The second-order valence-corrected chi connectivity index (χ2v) is 4.14. The largest absolute Gasteiger partial charge is 0.481 e. The first kappa shape index (κ1) is 10.5. The van der Waals surface area contributed by atoms with Gasteiger partial charge in [0.05, 0.1) is 0 Å². The molecule has 1 aliphatic rings. The average molecular weight is 185 g/mol. The molecule has 0 amide bonds. The first-order valence-electron chi connectivity index (χ1n) is 5.10. The molecule has 0 aromatic carbocycles. The highest BCUT2D eigenvalue weighted by Gasteiger charge is 2.32. The molecular weight excluding hydrogens is 166 g/mol. The maximum atomic E-state index is 10.5. The van der Waals surface area contributed by atoms with Gasteiger partial charge in [-0.25, -0.2) is 0 Å². The molecule has 1 saturated carbocycles. The van der Waals surface area contributed by atoms with Crippen LogP contribution >= 0.6 is 0 Å². The zero-order valence-corrected chi connectivity index (χ0v) is 8.09. The van der Waals surface area contributed by atoms with Crippen molar-refractivity contribution in [1.29, 1.82) is 0 Å². The summed E-state index contributed by atoms with van der Waals surface area (Å²) >= 11 is 0. The van der Waals surface area contributed by atoms with E-state index in [1.807, 2.05) is 0 Å². The predicted octanol–water partition coefficient (Wildman–Crippen LogP) is 1.76. The zero-order valence-electron chi connectivity index (χ0n) is 8.09. The van der Waals surface area contributed by atoms with Crippen LogP contribution in [0, 0.1) is 5.41 Å². The lowest BCUT2D eigenvalue weighted by atomic mass is 9.78. The Bertz CT molecular complexity index is 174. The summed E-state index contributed by atoms with van der Waals surface area (Å²) in [7, 11) is 0. The summed E-state index contributed by atoms with van der Waals surface area (Å²) in [6, 6.07) is 0. The molecule has 3 heteroatoms. The maximum absolute atomic E-state index is 10.5. The Morgan fingerprint density at radius 3 is 2.38 bits per heavy atom. The van der Waals surface area contributed by atoms with Gasteiger partial charge in [-0.05, 0) is 37.6 Å². The molecule has 0 atom stereocenters. The minimum atomic E-state index is -0.678. The molecule has 13 heavy (non-hydrogen) atoms. The van der Waals surface area contributed by atoms with Gasteiger partial charge in [-0.2, -0.15) is 0 Å². The summed E-state index contributed by atoms with van der Waals surface area (Å²) in [4.78, 5) is 10.5. The number of nitrogens with two attached hydrogens (primary N) is 1. The fourth-order valence-corrected chi connectivity index (χ4v) is 2.43. The maximum Gasteiger partial charge on any atom is 0.303 e. The lowest BCUT2D eigenvalue weighted by molar-refractivity contribution is -0.137. The molecule has 1 rings (SSSR count). The molecule has 76 valence electrons. The van der Waals surface area contributed by atoms with E-state index in [9.17, 15) is 4.79 Å². The third-order valence-electron chi connectivity index (χ3n) is 3.21. The van der Waals surface area contributed by atoms with Crippen LogP contribution in [0.2, 0.25) is 0 Å². The van der Waals surface area contributed by atoms with Crippen molar-refractivity contribution < 1.29 is 9.90 Å². The van der Waals surface area contributed by atoms with Gasteiger partial charge >= 0.3 is 5.97 Å². The summed E-state index contributed by atoms with van der Waals surface area (Å²) < 4.78 is 0. The van der Waals surface area contributed by atoms with E-state index in [4.69, 9.17) is 10.8 Å². The topological polar surface area (TPSA) is 63.3 Å². The molecule has 3 nitrogen and oxygen atoms in total. The van der Waals surface area contributed by atoms with Crippen LogP contribution in [0.25, 0.3) is 0 Å². The van der Waals surface area contributed by atoms with E-state index in [0.29, 0.717) is 13.0 Å². The molecule has 0 spiro atoms. The Labute approximate surface area is 79.3 Å². The Morgan fingerprint density at radius 1 is 1.31 bits per heavy atom. The van der Waals surface area contributed by atoms with E-state index in [1.54, 1.807) is 0 Å². The Kier molecular flexibility index (Phi) is 3.72. The molecule has 0 radical (unpaired) electrons. The van der Waals surface area contributed by atoms with Gasteiger partial charge < -0.3 is 10.8 Å². The van der Waals surface area contributed by atoms with Crippen LogP contribution in [-0.4, -0.2) is 17.6 Å². The Balaban J connectivity index is 2.41. The summed E-state index contributed by atoms with van der Waals surface area (Å²) in [5.41, 5.74) is 5.82. The highest BCUT2D eigenvalue weighted by Crippen LogP contribution is 2.44. The SMILES string of the molecule is NCCC1(CCC(=O)O)CCCC1. The van der Waals surface area contributed by atoms with Crippen LogP contribution in [0.3, 0.4) is 0 Å². The van der Waals surface area contributed by atoms with Crippen LogP contribution in [0.4, 0.5) is 0 Å². The van der Waals surface area contributed by atoms with Crippen molar-refractivity contribution in [3.63, 3.8) is 0 Å². The zero-order chi connectivity index (χ0) is 9.73. The van der Waals surface area contributed by atoms with Gasteiger partial charge in [0.1, 0.15) is 0 Å². The molecular formula is C10H19NO2. The van der Waals surface area contributed by atoms with E-state index in [0.717, 1.165) is 12.8 Å². The molecule has 1 fully saturated rings. The Hall–Kier alpha value is -0.570. The third kappa shape index (κ3) is 2.99. The lowest BCUT2D eigenvalue weighted by Crippen LogP contribution is -2.22. The van der Waals surface area contributed by atoms with E-state index in [2.05, 4.69) is 0 Å². The fraction of sp³-hybridized carbons (Fsp3) is 0.900. The minimum absolute atomic E-state index is 0.271. The molecule has 0 bridgehead atoms. The monoisotopic (exact) mass is 185 g/mol. The summed E-state index contributed by atoms with van der Waals surface area (Å²) in [6.45, 7) is 0.694. The average Bonchev–Trinajstić information content (AvgIpc) is 2.51. The van der Waals surface area contributed by atoms with Crippen molar-refractivity contribution >= 4 is 5.97 Å². The van der Waals surface area contributed by atoms with E-state index in [-0.39, 0.29) is 5.41 Å². The first-order chi connectivity index (χ1) is 6.18. The van der Waals surface area contributed by atoms with E-state index >= 15 is 0 Å². The van der Waals surface area contributed by atoms with Gasteiger partial charge in [0.2, 0.25) is 0 Å². The van der Waals surface area contributed by atoms with Crippen molar-refractivity contribution in [1.82, 2.24) is 0 Å². The number of carbonyl (C=O) groups is 1. The fourth-order valence-electron chi connectivity index (χ4n) is 2.43. The molecule has 0 aromatic heterocycles. The summed E-state index contributed by atoms with van der Waals surface area (Å²) in [6.07, 6.45) is 6.98. The van der Waals surface area contributed by atoms with E-state index in [1.165, 1.54) is 25.7 Å². The smallest absolute Gasteiger partial charge is 0.303 e. The van der Waals surface area contributed by atoms with E-state index < -0.39 is 5.97 Å². The number of aliphatic carboxylic acids is 1. The Morgan fingerprint density at radius 2 is 1.92 bits per heavy atom. The van der Waals surface area contributed by atoms with Crippen molar-refractivity contribution in [2.75, 3.05) is 6.54 Å². The quantitative estimate of drug-likeness (QED) is 0.686. The first-order valence-corrected chi connectivity index (χ1v) is 5.10.